The molecule has 0 amide bonds. The van der Waals surface area contributed by atoms with Gasteiger partial charge in [-0.15, -0.1) is 0 Å². The maximum atomic E-state index is 6.13. The van der Waals surface area contributed by atoms with E-state index >= 15 is 0 Å². The number of nitrogens with zero attached hydrogens (tertiary/aromatic N) is 1. The quantitative estimate of drug-likeness (QED) is 0.646. The molecule has 1 fully saturated rings. The van der Waals surface area contributed by atoms with Crippen LogP contribution in [-0.4, -0.2) is 39.3 Å². The van der Waals surface area contributed by atoms with Gasteiger partial charge in [0.05, 0.1) is 13.2 Å². The van der Waals surface area contributed by atoms with Crippen LogP contribution in [0.3, 0.4) is 0 Å². The van der Waals surface area contributed by atoms with Crippen LogP contribution in [0.5, 0.6) is 0 Å². The summed E-state index contributed by atoms with van der Waals surface area (Å²) >= 11 is 6.13. The Labute approximate surface area is 125 Å². The number of guanidine groups is 1. The third kappa shape index (κ3) is 4.12. The molecule has 2 N–H and O–H groups in total. The molecule has 0 saturated carbocycles. The summed E-state index contributed by atoms with van der Waals surface area (Å²) < 4.78 is 5.24. The average molecular weight is 296 g/mol. The van der Waals surface area contributed by atoms with Gasteiger partial charge in [0.15, 0.2) is 5.96 Å². The van der Waals surface area contributed by atoms with Crippen LogP contribution in [0.4, 0.5) is 0 Å². The third-order valence-corrected chi connectivity index (χ3v) is 3.82. The Balaban J connectivity index is 1.73. The van der Waals surface area contributed by atoms with Crippen molar-refractivity contribution >= 4 is 17.6 Å². The van der Waals surface area contributed by atoms with Crippen LogP contribution in [-0.2, 0) is 11.2 Å². The van der Waals surface area contributed by atoms with E-state index in [1.165, 1.54) is 0 Å². The zero-order valence-electron chi connectivity index (χ0n) is 12.1. The minimum absolute atomic E-state index is 0.236. The predicted octanol–water partition coefficient (Wildman–Crippen LogP) is 2.08. The Morgan fingerprint density at radius 2 is 2.10 bits per heavy atom. The topological polar surface area (TPSA) is 45.7 Å². The molecule has 0 bridgehead atoms. The van der Waals surface area contributed by atoms with Crippen LogP contribution >= 0.6 is 11.6 Å². The lowest BCUT2D eigenvalue weighted by molar-refractivity contribution is -0.0971. The smallest absolute Gasteiger partial charge is 0.191 e. The Morgan fingerprint density at radius 3 is 2.70 bits per heavy atom. The van der Waals surface area contributed by atoms with E-state index < -0.39 is 0 Å². The van der Waals surface area contributed by atoms with Crippen molar-refractivity contribution in [3.8, 4) is 0 Å². The maximum absolute atomic E-state index is 6.13. The SMILES string of the molecule is CN=C(NCCc1ccccc1Cl)NCC1(C)COC1. The molecule has 0 unspecified atom stereocenters. The zero-order chi connectivity index (χ0) is 14.4. The van der Waals surface area contributed by atoms with Crippen LogP contribution in [0.1, 0.15) is 12.5 Å². The largest absolute Gasteiger partial charge is 0.380 e. The molecule has 1 heterocycles. The average Bonchev–Trinajstić information content (AvgIpc) is 2.42. The molecule has 1 aromatic carbocycles. The number of hydrogen-bond donors (Lipinski definition) is 2. The van der Waals surface area contributed by atoms with E-state index in [0.29, 0.717) is 0 Å². The lowest BCUT2D eigenvalue weighted by Crippen LogP contribution is -2.51. The number of ether oxygens (including phenoxy) is 1. The Bertz CT molecular complexity index is 472. The lowest BCUT2D eigenvalue weighted by Gasteiger charge is -2.38. The number of aliphatic imine (C=N–C) groups is 1. The maximum Gasteiger partial charge on any atom is 0.191 e. The van der Waals surface area contributed by atoms with Crippen molar-refractivity contribution in [2.24, 2.45) is 10.4 Å². The highest BCUT2D eigenvalue weighted by Gasteiger charge is 2.33. The fourth-order valence-corrected chi connectivity index (χ4v) is 2.32. The fourth-order valence-electron chi connectivity index (χ4n) is 2.09. The van der Waals surface area contributed by atoms with Crippen molar-refractivity contribution in [3.63, 3.8) is 0 Å². The molecular formula is C15H22ClN3O. The number of nitrogens with one attached hydrogen (secondary N) is 2. The van der Waals surface area contributed by atoms with Crippen LogP contribution in [0.2, 0.25) is 5.02 Å². The Kier molecular flexibility index (Phi) is 5.26. The van der Waals surface area contributed by atoms with Crippen LogP contribution in [0.25, 0.3) is 0 Å². The van der Waals surface area contributed by atoms with Gasteiger partial charge in [0.1, 0.15) is 0 Å². The van der Waals surface area contributed by atoms with Crippen molar-refractivity contribution in [1.29, 1.82) is 0 Å². The summed E-state index contributed by atoms with van der Waals surface area (Å²) in [5, 5.41) is 7.46. The third-order valence-electron chi connectivity index (χ3n) is 3.45. The first-order valence-corrected chi connectivity index (χ1v) is 7.26. The van der Waals surface area contributed by atoms with Gasteiger partial charge in [0.2, 0.25) is 0 Å². The van der Waals surface area contributed by atoms with Crippen LogP contribution < -0.4 is 10.6 Å². The summed E-state index contributed by atoms with van der Waals surface area (Å²) in [5.41, 5.74) is 1.39. The van der Waals surface area contributed by atoms with Gasteiger partial charge in [-0.25, -0.2) is 0 Å². The van der Waals surface area contributed by atoms with Crippen LogP contribution in [0, 0.1) is 5.41 Å². The molecule has 0 aliphatic carbocycles. The molecule has 0 aromatic heterocycles. The molecule has 1 aliphatic rings. The molecule has 1 aromatic rings. The minimum Gasteiger partial charge on any atom is -0.380 e. The first-order valence-electron chi connectivity index (χ1n) is 6.89. The van der Waals surface area contributed by atoms with Crippen LogP contribution in [0.15, 0.2) is 29.3 Å². The molecule has 0 radical (unpaired) electrons. The molecule has 5 heteroatoms. The van der Waals surface area contributed by atoms with E-state index in [2.05, 4.69) is 22.5 Å². The summed E-state index contributed by atoms with van der Waals surface area (Å²) in [7, 11) is 1.78. The number of hydrogen-bond acceptors (Lipinski definition) is 2. The molecular weight excluding hydrogens is 274 g/mol. The second kappa shape index (κ2) is 6.95. The first-order chi connectivity index (χ1) is 9.63. The summed E-state index contributed by atoms with van der Waals surface area (Å²) in [6.07, 6.45) is 0.876. The van der Waals surface area contributed by atoms with Crippen molar-refractivity contribution in [3.05, 3.63) is 34.9 Å². The second-order valence-electron chi connectivity index (χ2n) is 5.50. The molecule has 1 saturated heterocycles. The molecule has 0 atom stereocenters. The van der Waals surface area contributed by atoms with Gasteiger partial charge >= 0.3 is 0 Å². The summed E-state index contributed by atoms with van der Waals surface area (Å²) in [4.78, 5) is 4.22. The first kappa shape index (κ1) is 15.1. The van der Waals surface area contributed by atoms with Gasteiger partial charge < -0.3 is 15.4 Å². The summed E-state index contributed by atoms with van der Waals surface area (Å²) in [6.45, 7) is 5.52. The van der Waals surface area contributed by atoms with Gasteiger partial charge in [-0.1, -0.05) is 36.7 Å². The van der Waals surface area contributed by atoms with E-state index in [1.807, 2.05) is 24.3 Å². The molecule has 1 aliphatic heterocycles. The number of benzene rings is 1. The van der Waals surface area contributed by atoms with Gasteiger partial charge in [0.25, 0.3) is 0 Å². The standard InChI is InChI=1S/C15H22ClN3O/c1-15(10-20-11-15)9-19-14(17-2)18-8-7-12-5-3-4-6-13(12)16/h3-6H,7-11H2,1-2H3,(H2,17,18,19). The predicted molar refractivity (Wildman–Crippen MR) is 83.4 cm³/mol. The Hall–Kier alpha value is -1.26. The van der Waals surface area contributed by atoms with Crippen molar-refractivity contribution < 1.29 is 4.74 Å². The van der Waals surface area contributed by atoms with E-state index in [9.17, 15) is 0 Å². The summed E-state index contributed by atoms with van der Waals surface area (Å²) in [5.74, 6) is 0.824. The van der Waals surface area contributed by atoms with E-state index in [-0.39, 0.29) is 5.41 Å². The fraction of sp³-hybridized carbons (Fsp3) is 0.533. The Morgan fingerprint density at radius 1 is 1.35 bits per heavy atom. The molecule has 4 nitrogen and oxygen atoms in total. The van der Waals surface area contributed by atoms with Gasteiger partial charge in [-0.05, 0) is 18.1 Å². The second-order valence-corrected chi connectivity index (χ2v) is 5.90. The van der Waals surface area contributed by atoms with Gasteiger partial charge in [-0.3, -0.25) is 4.99 Å². The number of rotatable bonds is 5. The van der Waals surface area contributed by atoms with Gasteiger partial charge in [0, 0.05) is 30.6 Å². The minimum atomic E-state index is 0.236. The van der Waals surface area contributed by atoms with E-state index in [4.69, 9.17) is 16.3 Å². The molecule has 110 valence electrons. The monoisotopic (exact) mass is 295 g/mol. The van der Waals surface area contributed by atoms with E-state index in [1.54, 1.807) is 7.05 Å². The van der Waals surface area contributed by atoms with Crippen molar-refractivity contribution in [2.75, 3.05) is 33.4 Å². The molecule has 20 heavy (non-hydrogen) atoms. The van der Waals surface area contributed by atoms with E-state index in [0.717, 1.165) is 49.3 Å². The zero-order valence-corrected chi connectivity index (χ0v) is 12.8. The highest BCUT2D eigenvalue weighted by molar-refractivity contribution is 6.31. The lowest BCUT2D eigenvalue weighted by atomic mass is 9.89. The number of halogens is 1. The summed E-state index contributed by atoms with van der Waals surface area (Å²) in [6, 6.07) is 7.92. The highest BCUT2D eigenvalue weighted by atomic mass is 35.5. The van der Waals surface area contributed by atoms with Gasteiger partial charge in [-0.2, -0.15) is 0 Å². The normalized spacial score (nSPS) is 17.4. The van der Waals surface area contributed by atoms with Crippen molar-refractivity contribution in [1.82, 2.24) is 10.6 Å². The highest BCUT2D eigenvalue weighted by Crippen LogP contribution is 2.24. The molecule has 0 spiro atoms. The van der Waals surface area contributed by atoms with Crippen molar-refractivity contribution in [2.45, 2.75) is 13.3 Å². The molecule has 2 rings (SSSR count).